The second-order valence-corrected chi connectivity index (χ2v) is 11.8. The van der Waals surface area contributed by atoms with E-state index in [4.69, 9.17) is 4.98 Å². The summed E-state index contributed by atoms with van der Waals surface area (Å²) in [4.78, 5) is 5.38. The van der Waals surface area contributed by atoms with E-state index in [0.717, 1.165) is 28.1 Å². The van der Waals surface area contributed by atoms with Gasteiger partial charge in [0, 0.05) is 42.2 Å². The quantitative estimate of drug-likeness (QED) is 0.199. The molecule has 0 fully saturated rings. The molecule has 42 heavy (non-hydrogen) atoms. The molecule has 0 aliphatic rings. The summed E-state index contributed by atoms with van der Waals surface area (Å²) in [5, 5.41) is 7.49. The van der Waals surface area contributed by atoms with Crippen LogP contribution < -0.4 is 0 Å². The van der Waals surface area contributed by atoms with E-state index in [0.29, 0.717) is 0 Å². The summed E-state index contributed by atoms with van der Waals surface area (Å²) in [5.41, 5.74) is 6.83. The lowest BCUT2D eigenvalue weighted by atomic mass is 9.99. The van der Waals surface area contributed by atoms with E-state index < -0.39 is 0 Å². The molecule has 0 unspecified atom stereocenters. The number of thiophene rings is 1. The van der Waals surface area contributed by atoms with Gasteiger partial charge in [0.1, 0.15) is 5.82 Å². The van der Waals surface area contributed by atoms with E-state index >= 15 is 0 Å². The van der Waals surface area contributed by atoms with Gasteiger partial charge < -0.3 is 0 Å². The molecule has 0 N–H and O–H groups in total. The number of imidazole rings is 1. The summed E-state index contributed by atoms with van der Waals surface area (Å²) in [6.45, 7) is 0. The van der Waals surface area contributed by atoms with Crippen molar-refractivity contribution in [1.82, 2.24) is 9.55 Å². The lowest BCUT2D eigenvalue weighted by molar-refractivity contribution is 1.11. The second-order valence-electron chi connectivity index (χ2n) is 10.8. The van der Waals surface area contributed by atoms with Crippen LogP contribution in [0.4, 0.5) is 0 Å². The summed E-state index contributed by atoms with van der Waals surface area (Å²) in [6, 6.07) is 52.3. The highest BCUT2D eigenvalue weighted by molar-refractivity contribution is 7.26. The summed E-state index contributed by atoms with van der Waals surface area (Å²) < 4.78 is 5.01. The number of hydrogen-bond donors (Lipinski definition) is 0. The normalized spacial score (nSPS) is 11.8. The Labute approximate surface area is 246 Å². The van der Waals surface area contributed by atoms with Crippen LogP contribution in [-0.4, -0.2) is 9.55 Å². The Hall–Kier alpha value is -5.25. The first kappa shape index (κ1) is 23.5. The molecule has 196 valence electrons. The topological polar surface area (TPSA) is 17.8 Å². The van der Waals surface area contributed by atoms with Crippen LogP contribution in [0.25, 0.3) is 81.0 Å². The zero-order valence-corrected chi connectivity index (χ0v) is 23.5. The standard InChI is InChI=1S/C39H24N2S/c1-2-12-25(13-3-1)39-40-36-32-19-6-4-16-29(32)30-17-5-7-20-33(30)37(36)41(39)27-15-10-14-26(24-27)28-21-11-22-34-31-18-8-9-23-35(31)42-38(28)34/h1-24H. The molecule has 9 rings (SSSR count). The van der Waals surface area contributed by atoms with Gasteiger partial charge in [-0.1, -0.05) is 127 Å². The zero-order chi connectivity index (χ0) is 27.6. The van der Waals surface area contributed by atoms with Crippen molar-refractivity contribution >= 4 is 64.1 Å². The summed E-state index contributed by atoms with van der Waals surface area (Å²) in [5.74, 6) is 0.948. The van der Waals surface area contributed by atoms with Crippen molar-refractivity contribution in [3.63, 3.8) is 0 Å². The third-order valence-corrected chi connectivity index (χ3v) is 9.60. The van der Waals surface area contributed by atoms with Gasteiger partial charge >= 0.3 is 0 Å². The molecule has 0 aliphatic heterocycles. The molecule has 0 aliphatic carbocycles. The molecule has 7 aromatic carbocycles. The predicted molar refractivity (Wildman–Crippen MR) is 180 cm³/mol. The van der Waals surface area contributed by atoms with Crippen LogP contribution in [-0.2, 0) is 0 Å². The predicted octanol–water partition coefficient (Wildman–Crippen LogP) is 11.0. The lowest BCUT2D eigenvalue weighted by Crippen LogP contribution is -1.98. The van der Waals surface area contributed by atoms with Gasteiger partial charge in [-0.05, 0) is 40.1 Å². The van der Waals surface area contributed by atoms with Crippen LogP contribution in [0.15, 0.2) is 146 Å². The maximum absolute atomic E-state index is 5.38. The Bertz CT molecular complexity index is 2470. The zero-order valence-electron chi connectivity index (χ0n) is 22.7. The van der Waals surface area contributed by atoms with Crippen molar-refractivity contribution in [3.8, 4) is 28.2 Å². The highest BCUT2D eigenvalue weighted by Crippen LogP contribution is 2.42. The minimum atomic E-state index is 0.948. The van der Waals surface area contributed by atoms with Gasteiger partial charge in [0.2, 0.25) is 0 Å². The van der Waals surface area contributed by atoms with Crippen LogP contribution in [0.2, 0.25) is 0 Å². The van der Waals surface area contributed by atoms with Crippen LogP contribution in [0.1, 0.15) is 0 Å². The number of benzene rings is 7. The fraction of sp³-hybridized carbons (Fsp3) is 0. The van der Waals surface area contributed by atoms with Crippen LogP contribution in [0.5, 0.6) is 0 Å². The van der Waals surface area contributed by atoms with E-state index in [1.807, 2.05) is 11.3 Å². The molecule has 2 heterocycles. The van der Waals surface area contributed by atoms with Crippen LogP contribution in [0.3, 0.4) is 0 Å². The number of rotatable bonds is 3. The molecule has 2 nitrogen and oxygen atoms in total. The highest BCUT2D eigenvalue weighted by atomic mass is 32.1. The molecule has 0 saturated carbocycles. The average Bonchev–Trinajstić information content (AvgIpc) is 3.65. The molecule has 3 heteroatoms. The third-order valence-electron chi connectivity index (χ3n) is 8.38. The minimum Gasteiger partial charge on any atom is -0.292 e. The van der Waals surface area contributed by atoms with E-state index in [9.17, 15) is 0 Å². The lowest BCUT2D eigenvalue weighted by Gasteiger charge is -2.14. The Kier molecular flexibility index (Phi) is 5.10. The van der Waals surface area contributed by atoms with Crippen molar-refractivity contribution in [2.45, 2.75) is 0 Å². The van der Waals surface area contributed by atoms with Gasteiger partial charge in [-0.25, -0.2) is 4.98 Å². The molecular formula is C39H24N2S. The van der Waals surface area contributed by atoms with E-state index in [-0.39, 0.29) is 0 Å². The number of aromatic nitrogens is 2. The van der Waals surface area contributed by atoms with Gasteiger partial charge in [-0.2, -0.15) is 0 Å². The fourth-order valence-electron chi connectivity index (χ4n) is 6.52. The second kappa shape index (κ2) is 9.13. The third kappa shape index (κ3) is 3.41. The fourth-order valence-corrected chi connectivity index (χ4v) is 7.76. The first-order valence-corrected chi connectivity index (χ1v) is 15.1. The average molecular weight is 553 g/mol. The Balaban J connectivity index is 1.38. The van der Waals surface area contributed by atoms with Crippen molar-refractivity contribution in [1.29, 1.82) is 0 Å². The molecule has 0 radical (unpaired) electrons. The summed E-state index contributed by atoms with van der Waals surface area (Å²) in [7, 11) is 0. The smallest absolute Gasteiger partial charge is 0.145 e. The van der Waals surface area contributed by atoms with Gasteiger partial charge in [-0.3, -0.25) is 4.57 Å². The first-order valence-electron chi connectivity index (χ1n) is 14.2. The number of hydrogen-bond acceptors (Lipinski definition) is 2. The van der Waals surface area contributed by atoms with Gasteiger partial charge in [-0.15, -0.1) is 11.3 Å². The molecule has 9 aromatic rings. The summed E-state index contributed by atoms with van der Waals surface area (Å²) >= 11 is 1.87. The van der Waals surface area contributed by atoms with E-state index in [1.54, 1.807) is 0 Å². The molecule has 0 spiro atoms. The molecule has 0 atom stereocenters. The molecule has 0 amide bonds. The Morgan fingerprint density at radius 3 is 1.93 bits per heavy atom. The first-order chi connectivity index (χ1) is 20.8. The maximum atomic E-state index is 5.38. The van der Waals surface area contributed by atoms with E-state index in [1.165, 1.54) is 52.8 Å². The van der Waals surface area contributed by atoms with Gasteiger partial charge in [0.05, 0.1) is 11.0 Å². The molecular weight excluding hydrogens is 529 g/mol. The Morgan fingerprint density at radius 1 is 0.476 bits per heavy atom. The van der Waals surface area contributed by atoms with Crippen molar-refractivity contribution < 1.29 is 0 Å². The SMILES string of the molecule is c1ccc(-c2nc3c4ccccc4c4ccccc4c3n2-c2cccc(-c3cccc4c3sc3ccccc34)c2)cc1. The van der Waals surface area contributed by atoms with Gasteiger partial charge in [0.15, 0.2) is 0 Å². The van der Waals surface area contributed by atoms with Crippen molar-refractivity contribution in [3.05, 3.63) is 146 Å². The van der Waals surface area contributed by atoms with Crippen LogP contribution in [0, 0.1) is 0 Å². The number of fused-ring (bicyclic) bond motifs is 9. The maximum Gasteiger partial charge on any atom is 0.145 e. The number of nitrogens with zero attached hydrogens (tertiary/aromatic N) is 2. The Morgan fingerprint density at radius 2 is 1.10 bits per heavy atom. The van der Waals surface area contributed by atoms with Crippen LogP contribution >= 0.6 is 11.3 Å². The van der Waals surface area contributed by atoms with Crippen molar-refractivity contribution in [2.75, 3.05) is 0 Å². The monoisotopic (exact) mass is 552 g/mol. The van der Waals surface area contributed by atoms with E-state index in [2.05, 4.69) is 150 Å². The summed E-state index contributed by atoms with van der Waals surface area (Å²) in [6.07, 6.45) is 0. The highest BCUT2D eigenvalue weighted by Gasteiger charge is 2.20. The van der Waals surface area contributed by atoms with Gasteiger partial charge in [0.25, 0.3) is 0 Å². The molecule has 0 saturated heterocycles. The van der Waals surface area contributed by atoms with Crippen molar-refractivity contribution in [2.24, 2.45) is 0 Å². The largest absolute Gasteiger partial charge is 0.292 e. The molecule has 0 bridgehead atoms. The molecule has 2 aromatic heterocycles. The minimum absolute atomic E-state index is 0.948.